The third kappa shape index (κ3) is 1.64. The summed E-state index contributed by atoms with van der Waals surface area (Å²) in [7, 11) is 0. The molecule has 0 aromatic heterocycles. The van der Waals surface area contributed by atoms with E-state index >= 15 is 0 Å². The number of nitrogens with zero attached hydrogens (tertiary/aromatic N) is 1. The summed E-state index contributed by atoms with van der Waals surface area (Å²) in [5.74, 6) is 0.825. The summed E-state index contributed by atoms with van der Waals surface area (Å²) in [6.07, 6.45) is -0.111. The molecule has 0 saturated carbocycles. The van der Waals surface area contributed by atoms with Gasteiger partial charge in [0.25, 0.3) is 0 Å². The van der Waals surface area contributed by atoms with Gasteiger partial charge in [-0.15, -0.1) is 0 Å². The van der Waals surface area contributed by atoms with E-state index in [4.69, 9.17) is 4.84 Å². The first-order valence-electron chi connectivity index (χ1n) is 4.29. The molecule has 1 unspecified atom stereocenters. The van der Waals surface area contributed by atoms with Gasteiger partial charge in [0.2, 0.25) is 6.23 Å². The maximum atomic E-state index is 5.17. The molecule has 1 aromatic rings. The minimum atomic E-state index is -0.111. The lowest BCUT2D eigenvalue weighted by molar-refractivity contribution is 0.0729. The lowest BCUT2D eigenvalue weighted by Crippen LogP contribution is -2.19. The van der Waals surface area contributed by atoms with Crippen LogP contribution in [-0.4, -0.2) is 5.84 Å². The normalized spacial score (nSPS) is 20.5. The Bertz CT molecular complexity index is 329. The molecular formula is C10H12N2O. The molecule has 1 heterocycles. The van der Waals surface area contributed by atoms with Gasteiger partial charge in [-0.1, -0.05) is 35.0 Å². The van der Waals surface area contributed by atoms with Gasteiger partial charge in [0.1, 0.15) is 5.84 Å². The fraction of sp³-hybridized carbons (Fsp3) is 0.300. The van der Waals surface area contributed by atoms with E-state index in [-0.39, 0.29) is 6.23 Å². The second kappa shape index (κ2) is 3.09. The maximum absolute atomic E-state index is 5.17. The van der Waals surface area contributed by atoms with Gasteiger partial charge in [-0.05, 0) is 13.8 Å². The third-order valence-corrected chi connectivity index (χ3v) is 2.02. The molecular weight excluding hydrogens is 164 g/mol. The van der Waals surface area contributed by atoms with E-state index in [1.807, 2.05) is 19.1 Å². The van der Waals surface area contributed by atoms with Crippen LogP contribution in [0.15, 0.2) is 29.4 Å². The van der Waals surface area contributed by atoms with Crippen molar-refractivity contribution in [1.82, 2.24) is 5.32 Å². The molecule has 0 bridgehead atoms. The van der Waals surface area contributed by atoms with E-state index in [1.165, 1.54) is 5.56 Å². The summed E-state index contributed by atoms with van der Waals surface area (Å²) in [6.45, 7) is 3.95. The van der Waals surface area contributed by atoms with E-state index in [2.05, 4.69) is 29.5 Å². The maximum Gasteiger partial charge on any atom is 0.224 e. The van der Waals surface area contributed by atoms with Gasteiger partial charge in [0.15, 0.2) is 0 Å². The monoisotopic (exact) mass is 176 g/mol. The van der Waals surface area contributed by atoms with Crippen molar-refractivity contribution in [3.8, 4) is 0 Å². The third-order valence-electron chi connectivity index (χ3n) is 2.02. The molecule has 13 heavy (non-hydrogen) atoms. The Hall–Kier alpha value is -1.51. The zero-order chi connectivity index (χ0) is 9.26. The fourth-order valence-corrected chi connectivity index (χ4v) is 1.26. The summed E-state index contributed by atoms with van der Waals surface area (Å²) in [4.78, 5) is 5.17. The van der Waals surface area contributed by atoms with Crippen LogP contribution < -0.4 is 5.32 Å². The molecule has 3 nitrogen and oxygen atoms in total. The van der Waals surface area contributed by atoms with Gasteiger partial charge in [0, 0.05) is 5.56 Å². The summed E-state index contributed by atoms with van der Waals surface area (Å²) in [6, 6.07) is 8.21. The van der Waals surface area contributed by atoms with Crippen molar-refractivity contribution in [1.29, 1.82) is 0 Å². The lowest BCUT2D eigenvalue weighted by atomic mass is 10.1. The molecule has 0 aliphatic carbocycles. The van der Waals surface area contributed by atoms with Crippen LogP contribution in [0.1, 0.15) is 24.3 Å². The molecule has 0 radical (unpaired) electrons. The first kappa shape index (κ1) is 8.10. The zero-order valence-corrected chi connectivity index (χ0v) is 7.74. The average molecular weight is 176 g/mol. The van der Waals surface area contributed by atoms with Gasteiger partial charge in [0.05, 0.1) is 0 Å². The van der Waals surface area contributed by atoms with Crippen molar-refractivity contribution in [2.75, 3.05) is 0 Å². The quantitative estimate of drug-likeness (QED) is 0.709. The van der Waals surface area contributed by atoms with Crippen molar-refractivity contribution >= 4 is 5.84 Å². The highest BCUT2D eigenvalue weighted by Gasteiger charge is 2.17. The van der Waals surface area contributed by atoms with Crippen LogP contribution in [-0.2, 0) is 4.84 Å². The predicted molar refractivity (Wildman–Crippen MR) is 51.2 cm³/mol. The molecule has 1 N–H and O–H groups in total. The molecule has 0 amide bonds. The fourth-order valence-electron chi connectivity index (χ4n) is 1.26. The number of amidine groups is 1. The molecule has 3 heteroatoms. The lowest BCUT2D eigenvalue weighted by Gasteiger charge is -2.09. The SMILES string of the molecule is CC1=NOC(c2ccc(C)cc2)N1. The Morgan fingerprint density at radius 2 is 1.92 bits per heavy atom. The van der Waals surface area contributed by atoms with Gasteiger partial charge in [-0.2, -0.15) is 0 Å². The number of oxime groups is 1. The standard InChI is InChI=1S/C10H12N2O/c1-7-3-5-9(6-4-7)10-11-8(2)12-13-10/h3-6,10H,1-2H3,(H,11,12). The summed E-state index contributed by atoms with van der Waals surface area (Å²) < 4.78 is 0. The van der Waals surface area contributed by atoms with Crippen molar-refractivity contribution in [3.05, 3.63) is 35.4 Å². The number of benzene rings is 1. The highest BCUT2D eigenvalue weighted by Crippen LogP contribution is 2.18. The second-order valence-corrected chi connectivity index (χ2v) is 3.22. The Labute approximate surface area is 77.4 Å². The van der Waals surface area contributed by atoms with Crippen molar-refractivity contribution in [3.63, 3.8) is 0 Å². The molecule has 0 fully saturated rings. The molecule has 1 aliphatic heterocycles. The van der Waals surface area contributed by atoms with Crippen molar-refractivity contribution in [2.24, 2.45) is 5.16 Å². The first-order valence-corrected chi connectivity index (χ1v) is 4.29. The molecule has 0 spiro atoms. The Morgan fingerprint density at radius 3 is 2.46 bits per heavy atom. The highest BCUT2D eigenvalue weighted by atomic mass is 16.7. The largest absolute Gasteiger partial charge is 0.364 e. The minimum absolute atomic E-state index is 0.111. The summed E-state index contributed by atoms with van der Waals surface area (Å²) in [5, 5.41) is 6.94. The van der Waals surface area contributed by atoms with Crippen LogP contribution >= 0.6 is 0 Å². The molecule has 2 rings (SSSR count). The van der Waals surface area contributed by atoms with Gasteiger partial charge in [-0.25, -0.2) is 0 Å². The van der Waals surface area contributed by atoms with Gasteiger partial charge in [-0.3, -0.25) is 0 Å². The van der Waals surface area contributed by atoms with Crippen LogP contribution in [0.25, 0.3) is 0 Å². The molecule has 1 aliphatic rings. The molecule has 1 atom stereocenters. The van der Waals surface area contributed by atoms with Gasteiger partial charge < -0.3 is 10.2 Å². The van der Waals surface area contributed by atoms with E-state index in [0.29, 0.717) is 0 Å². The number of hydrogen-bond acceptors (Lipinski definition) is 3. The van der Waals surface area contributed by atoms with E-state index in [0.717, 1.165) is 11.4 Å². The van der Waals surface area contributed by atoms with Crippen LogP contribution in [0.3, 0.4) is 0 Å². The number of aryl methyl sites for hydroxylation is 1. The zero-order valence-electron chi connectivity index (χ0n) is 7.74. The van der Waals surface area contributed by atoms with E-state index < -0.39 is 0 Å². The highest BCUT2D eigenvalue weighted by molar-refractivity contribution is 5.80. The van der Waals surface area contributed by atoms with E-state index in [9.17, 15) is 0 Å². The van der Waals surface area contributed by atoms with Gasteiger partial charge >= 0.3 is 0 Å². The topological polar surface area (TPSA) is 33.6 Å². The minimum Gasteiger partial charge on any atom is -0.364 e. The number of hydrogen-bond donors (Lipinski definition) is 1. The van der Waals surface area contributed by atoms with E-state index in [1.54, 1.807) is 0 Å². The predicted octanol–water partition coefficient (Wildman–Crippen LogP) is 1.95. The van der Waals surface area contributed by atoms with Crippen LogP contribution in [0.5, 0.6) is 0 Å². The first-order chi connectivity index (χ1) is 6.25. The molecule has 68 valence electrons. The van der Waals surface area contributed by atoms with Crippen LogP contribution in [0.2, 0.25) is 0 Å². The van der Waals surface area contributed by atoms with Crippen molar-refractivity contribution in [2.45, 2.75) is 20.1 Å². The van der Waals surface area contributed by atoms with Crippen molar-refractivity contribution < 1.29 is 4.84 Å². The molecule has 0 saturated heterocycles. The van der Waals surface area contributed by atoms with Crippen LogP contribution in [0.4, 0.5) is 0 Å². The summed E-state index contributed by atoms with van der Waals surface area (Å²) in [5.41, 5.74) is 2.35. The average Bonchev–Trinajstić information content (AvgIpc) is 2.53. The Kier molecular flexibility index (Phi) is 1.93. The Morgan fingerprint density at radius 1 is 1.23 bits per heavy atom. The number of rotatable bonds is 1. The number of nitrogens with one attached hydrogen (secondary N) is 1. The molecule has 1 aromatic carbocycles. The Balaban J connectivity index is 2.14. The summed E-state index contributed by atoms with van der Waals surface area (Å²) >= 11 is 0. The van der Waals surface area contributed by atoms with Crippen LogP contribution in [0, 0.1) is 6.92 Å². The second-order valence-electron chi connectivity index (χ2n) is 3.22. The smallest absolute Gasteiger partial charge is 0.224 e.